The van der Waals surface area contributed by atoms with Gasteiger partial charge in [-0.2, -0.15) is 0 Å². The van der Waals surface area contributed by atoms with Crippen LogP contribution in [0.3, 0.4) is 0 Å². The minimum Gasteiger partial charge on any atom is -0.491 e. The number of ether oxygens (including phenoxy) is 1. The maximum Gasteiger partial charge on any atom is 0.316 e. The molecule has 78 valence electrons. The quantitative estimate of drug-likeness (QED) is 0.628. The molecule has 1 aromatic carbocycles. The van der Waals surface area contributed by atoms with Crippen molar-refractivity contribution in [3.05, 3.63) is 29.3 Å². The Labute approximate surface area is 87.4 Å². The number of hydrogen-bond donors (Lipinski definition) is 1. The van der Waals surface area contributed by atoms with E-state index in [4.69, 9.17) is 21.2 Å². The molecule has 1 atom stereocenters. The van der Waals surface area contributed by atoms with Crippen LogP contribution in [0.25, 0.3) is 0 Å². The normalized spacial score (nSPS) is 12.4. The topological polar surface area (TPSA) is 55.8 Å². The van der Waals surface area contributed by atoms with Crippen molar-refractivity contribution in [2.45, 2.75) is 0 Å². The fourth-order valence-electron chi connectivity index (χ4n) is 0.819. The SMILES string of the molecule is O=[PH](O)OCCOc1ccc(Cl)cc1. The van der Waals surface area contributed by atoms with Gasteiger partial charge in [-0.1, -0.05) is 11.6 Å². The number of hydrogen-bond acceptors (Lipinski definition) is 3. The van der Waals surface area contributed by atoms with Crippen molar-refractivity contribution in [2.75, 3.05) is 13.2 Å². The summed E-state index contributed by atoms with van der Waals surface area (Å²) in [5, 5.41) is 0.633. The van der Waals surface area contributed by atoms with Gasteiger partial charge in [-0.3, -0.25) is 4.57 Å². The second kappa shape index (κ2) is 6.04. The van der Waals surface area contributed by atoms with Gasteiger partial charge in [0.25, 0.3) is 0 Å². The molecule has 0 fully saturated rings. The molecular weight excluding hydrogens is 227 g/mol. The Bertz CT molecular complexity index is 301. The molecule has 14 heavy (non-hydrogen) atoms. The molecular formula is C8H10ClO4P. The first-order chi connectivity index (χ1) is 6.68. The number of halogens is 1. The maximum absolute atomic E-state index is 10.1. The van der Waals surface area contributed by atoms with Gasteiger partial charge in [0, 0.05) is 5.02 Å². The van der Waals surface area contributed by atoms with Crippen LogP contribution >= 0.6 is 19.9 Å². The second-order valence-corrected chi connectivity index (χ2v) is 3.67. The van der Waals surface area contributed by atoms with Gasteiger partial charge in [0.2, 0.25) is 0 Å². The smallest absolute Gasteiger partial charge is 0.316 e. The molecule has 0 aromatic heterocycles. The molecule has 0 aliphatic carbocycles. The fourth-order valence-corrected chi connectivity index (χ4v) is 1.20. The van der Waals surface area contributed by atoms with Gasteiger partial charge in [-0.15, -0.1) is 0 Å². The van der Waals surface area contributed by atoms with Crippen LogP contribution in [0.5, 0.6) is 5.75 Å². The predicted octanol–water partition coefficient (Wildman–Crippen LogP) is 2.12. The van der Waals surface area contributed by atoms with Gasteiger partial charge in [0.05, 0.1) is 6.61 Å². The van der Waals surface area contributed by atoms with Crippen LogP contribution in [0, 0.1) is 0 Å². The molecule has 0 amide bonds. The zero-order chi connectivity index (χ0) is 10.4. The monoisotopic (exact) mass is 236 g/mol. The Balaban J connectivity index is 2.25. The first-order valence-corrected chi connectivity index (χ1v) is 5.57. The van der Waals surface area contributed by atoms with Crippen LogP contribution in [-0.2, 0) is 9.09 Å². The third-order valence-electron chi connectivity index (χ3n) is 1.39. The lowest BCUT2D eigenvalue weighted by atomic mass is 10.3. The lowest BCUT2D eigenvalue weighted by molar-refractivity contribution is 0.207. The van der Waals surface area contributed by atoms with E-state index >= 15 is 0 Å². The highest BCUT2D eigenvalue weighted by molar-refractivity contribution is 7.32. The minimum atomic E-state index is -2.85. The van der Waals surface area contributed by atoms with E-state index in [1.54, 1.807) is 24.3 Å². The van der Waals surface area contributed by atoms with E-state index < -0.39 is 8.25 Å². The summed E-state index contributed by atoms with van der Waals surface area (Å²) >= 11 is 5.66. The Hall–Kier alpha value is -0.540. The number of rotatable bonds is 5. The summed E-state index contributed by atoms with van der Waals surface area (Å²) < 4.78 is 19.8. The Morgan fingerprint density at radius 1 is 1.29 bits per heavy atom. The molecule has 0 heterocycles. The van der Waals surface area contributed by atoms with Crippen molar-refractivity contribution in [3.8, 4) is 5.75 Å². The summed E-state index contributed by atoms with van der Waals surface area (Å²) in [6, 6.07) is 6.83. The van der Waals surface area contributed by atoms with Gasteiger partial charge in [0.15, 0.2) is 0 Å². The van der Waals surface area contributed by atoms with E-state index in [0.717, 1.165) is 0 Å². The summed E-state index contributed by atoms with van der Waals surface area (Å²) in [7, 11) is -2.85. The summed E-state index contributed by atoms with van der Waals surface area (Å²) in [6.07, 6.45) is 0. The van der Waals surface area contributed by atoms with Crippen molar-refractivity contribution >= 4 is 19.9 Å². The molecule has 0 saturated heterocycles. The van der Waals surface area contributed by atoms with Gasteiger partial charge in [-0.05, 0) is 24.3 Å². The lowest BCUT2D eigenvalue weighted by Crippen LogP contribution is -2.03. The molecule has 0 spiro atoms. The molecule has 6 heteroatoms. The highest BCUT2D eigenvalue weighted by atomic mass is 35.5. The maximum atomic E-state index is 10.1. The molecule has 0 saturated carbocycles. The number of benzene rings is 1. The Kier molecular flexibility index (Phi) is 4.98. The molecule has 1 aromatic rings. The average Bonchev–Trinajstić information content (AvgIpc) is 2.15. The standard InChI is InChI=1S/C8H10ClO4P/c9-7-1-3-8(4-2-7)12-5-6-13-14(10)11/h1-4,14H,5-6H2,(H,10,11). The second-order valence-electron chi connectivity index (χ2n) is 2.42. The highest BCUT2D eigenvalue weighted by Gasteiger charge is 1.95. The van der Waals surface area contributed by atoms with Crippen LogP contribution in [-0.4, -0.2) is 18.1 Å². The molecule has 0 bridgehead atoms. The largest absolute Gasteiger partial charge is 0.491 e. The lowest BCUT2D eigenvalue weighted by Gasteiger charge is -2.05. The van der Waals surface area contributed by atoms with E-state index in [0.29, 0.717) is 10.8 Å². The van der Waals surface area contributed by atoms with Crippen molar-refractivity contribution in [3.63, 3.8) is 0 Å². The molecule has 4 nitrogen and oxygen atoms in total. The molecule has 0 aliphatic heterocycles. The molecule has 1 N–H and O–H groups in total. The Morgan fingerprint density at radius 2 is 1.93 bits per heavy atom. The van der Waals surface area contributed by atoms with Crippen molar-refractivity contribution in [1.29, 1.82) is 0 Å². The first kappa shape index (κ1) is 11.5. The van der Waals surface area contributed by atoms with Crippen LogP contribution in [0.1, 0.15) is 0 Å². The fraction of sp³-hybridized carbons (Fsp3) is 0.250. The van der Waals surface area contributed by atoms with Crippen LogP contribution in [0.15, 0.2) is 24.3 Å². The molecule has 0 radical (unpaired) electrons. The zero-order valence-electron chi connectivity index (χ0n) is 7.27. The third-order valence-corrected chi connectivity index (χ3v) is 2.09. The van der Waals surface area contributed by atoms with E-state index in [2.05, 4.69) is 4.52 Å². The van der Waals surface area contributed by atoms with E-state index in [1.807, 2.05) is 0 Å². The highest BCUT2D eigenvalue weighted by Crippen LogP contribution is 2.16. The van der Waals surface area contributed by atoms with Gasteiger partial charge in [0.1, 0.15) is 12.4 Å². The Morgan fingerprint density at radius 3 is 2.50 bits per heavy atom. The first-order valence-electron chi connectivity index (χ1n) is 3.92. The van der Waals surface area contributed by atoms with Crippen molar-refractivity contribution in [1.82, 2.24) is 0 Å². The molecule has 0 aliphatic rings. The summed E-state index contributed by atoms with van der Waals surface area (Å²) in [4.78, 5) is 8.34. The van der Waals surface area contributed by atoms with Crippen LogP contribution < -0.4 is 4.74 Å². The van der Waals surface area contributed by atoms with Crippen LogP contribution in [0.2, 0.25) is 5.02 Å². The molecule has 1 rings (SSSR count). The molecule has 1 unspecified atom stereocenters. The third kappa shape index (κ3) is 4.63. The summed E-state index contributed by atoms with van der Waals surface area (Å²) in [5.41, 5.74) is 0. The van der Waals surface area contributed by atoms with Gasteiger partial charge < -0.3 is 14.2 Å². The predicted molar refractivity (Wildman–Crippen MR) is 54.1 cm³/mol. The van der Waals surface area contributed by atoms with Crippen molar-refractivity contribution in [2.24, 2.45) is 0 Å². The average molecular weight is 237 g/mol. The van der Waals surface area contributed by atoms with Gasteiger partial charge in [-0.25, -0.2) is 0 Å². The zero-order valence-corrected chi connectivity index (χ0v) is 9.03. The van der Waals surface area contributed by atoms with E-state index in [9.17, 15) is 4.57 Å². The summed E-state index contributed by atoms with van der Waals surface area (Å²) in [5.74, 6) is 0.649. The van der Waals surface area contributed by atoms with Crippen LogP contribution in [0.4, 0.5) is 0 Å². The van der Waals surface area contributed by atoms with Crippen molar-refractivity contribution < 1.29 is 18.7 Å². The van der Waals surface area contributed by atoms with Gasteiger partial charge >= 0.3 is 8.25 Å². The summed E-state index contributed by atoms with van der Waals surface area (Å²) in [6.45, 7) is 0.329. The van der Waals surface area contributed by atoms with E-state index in [1.165, 1.54) is 0 Å². The van der Waals surface area contributed by atoms with E-state index in [-0.39, 0.29) is 13.2 Å². The minimum absolute atomic E-state index is 0.0942.